The van der Waals surface area contributed by atoms with Crippen LogP contribution in [0.3, 0.4) is 0 Å². The lowest BCUT2D eigenvalue weighted by atomic mass is 10.3. The Kier molecular flexibility index (Phi) is 3.71. The smallest absolute Gasteiger partial charge is 0.224 e. The van der Waals surface area contributed by atoms with Crippen LogP contribution in [0.2, 0.25) is 0 Å². The first kappa shape index (κ1) is 12.3. The number of nitrogens with zero attached hydrogens (tertiary/aromatic N) is 4. The lowest BCUT2D eigenvalue weighted by Gasteiger charge is -2.15. The molecule has 2 aromatic heterocycles. The van der Waals surface area contributed by atoms with Crippen molar-refractivity contribution >= 4 is 11.8 Å². The van der Waals surface area contributed by atoms with Gasteiger partial charge in [0.15, 0.2) is 11.6 Å². The highest BCUT2D eigenvalue weighted by atomic mass is 19.1. The number of hydrogen-bond donors (Lipinski definition) is 2. The molecule has 0 aromatic carbocycles. The number of rotatable bonds is 5. The van der Waals surface area contributed by atoms with E-state index in [2.05, 4.69) is 25.6 Å². The highest BCUT2D eigenvalue weighted by Crippen LogP contribution is 2.13. The average molecular weight is 250 g/mol. The summed E-state index contributed by atoms with van der Waals surface area (Å²) in [6.45, 7) is 2.62. The fraction of sp³-hybridized carbons (Fsp3) is 0.364. The highest BCUT2D eigenvalue weighted by Gasteiger charge is 2.10. The number of halogens is 1. The summed E-state index contributed by atoms with van der Waals surface area (Å²) < 4.78 is 15.4. The zero-order chi connectivity index (χ0) is 13.0. The highest BCUT2D eigenvalue weighted by molar-refractivity contribution is 5.41. The minimum Gasteiger partial charge on any atom is -0.363 e. The lowest BCUT2D eigenvalue weighted by molar-refractivity contribution is 0.590. The van der Waals surface area contributed by atoms with Crippen molar-refractivity contribution in [1.82, 2.24) is 19.5 Å². The Hall–Kier alpha value is -2.18. The molecule has 2 rings (SSSR count). The van der Waals surface area contributed by atoms with Crippen LogP contribution in [0.15, 0.2) is 24.9 Å². The van der Waals surface area contributed by atoms with Crippen LogP contribution in [0.5, 0.6) is 0 Å². The Labute approximate surface area is 104 Å². The van der Waals surface area contributed by atoms with E-state index < -0.39 is 5.82 Å². The van der Waals surface area contributed by atoms with E-state index in [4.69, 9.17) is 0 Å². The molecule has 0 amide bonds. The number of imidazole rings is 1. The predicted molar refractivity (Wildman–Crippen MR) is 66.8 cm³/mol. The van der Waals surface area contributed by atoms with Crippen LogP contribution < -0.4 is 10.6 Å². The van der Waals surface area contributed by atoms with Gasteiger partial charge in [-0.3, -0.25) is 0 Å². The summed E-state index contributed by atoms with van der Waals surface area (Å²) in [7, 11) is 1.69. The third-order valence-corrected chi connectivity index (χ3v) is 2.39. The normalized spacial score (nSPS) is 12.2. The molecule has 1 atom stereocenters. The van der Waals surface area contributed by atoms with Crippen molar-refractivity contribution in [1.29, 1.82) is 0 Å². The second-order valence-electron chi connectivity index (χ2n) is 3.95. The molecule has 6 nitrogen and oxygen atoms in total. The Balaban J connectivity index is 2.04. The third kappa shape index (κ3) is 2.93. The summed E-state index contributed by atoms with van der Waals surface area (Å²) in [5, 5.41) is 5.78. The Morgan fingerprint density at radius 3 is 3.00 bits per heavy atom. The molecular formula is C11H15FN6. The summed E-state index contributed by atoms with van der Waals surface area (Å²) in [4.78, 5) is 11.8. The molecule has 0 fully saturated rings. The zero-order valence-corrected chi connectivity index (χ0v) is 10.3. The van der Waals surface area contributed by atoms with Crippen LogP contribution in [-0.2, 0) is 6.54 Å². The molecule has 2 N–H and O–H groups in total. The average Bonchev–Trinajstić information content (AvgIpc) is 2.84. The van der Waals surface area contributed by atoms with Crippen LogP contribution in [0.4, 0.5) is 16.2 Å². The standard InChI is InChI=1S/C11H15FN6/c1-8(6-18-4-3-14-7-18)16-10-9(12)5-15-11(13-2)17-10/h3-5,7-8H,6H2,1-2H3,(H2,13,15,16,17). The molecule has 0 saturated carbocycles. The molecule has 0 aliphatic rings. The molecule has 0 spiro atoms. The summed E-state index contributed by atoms with van der Waals surface area (Å²) >= 11 is 0. The second kappa shape index (κ2) is 5.44. The summed E-state index contributed by atoms with van der Waals surface area (Å²) in [5.74, 6) is 0.113. The molecule has 2 aromatic rings. The van der Waals surface area contributed by atoms with Gasteiger partial charge >= 0.3 is 0 Å². The van der Waals surface area contributed by atoms with Crippen LogP contribution in [0.25, 0.3) is 0 Å². The van der Waals surface area contributed by atoms with E-state index in [0.717, 1.165) is 6.20 Å². The van der Waals surface area contributed by atoms with Crippen molar-refractivity contribution < 1.29 is 4.39 Å². The minimum absolute atomic E-state index is 0.0216. The van der Waals surface area contributed by atoms with Gasteiger partial charge in [0.25, 0.3) is 0 Å². The SMILES string of the molecule is CNc1ncc(F)c(NC(C)Cn2ccnc2)n1. The molecule has 0 saturated heterocycles. The number of anilines is 2. The largest absolute Gasteiger partial charge is 0.363 e. The summed E-state index contributed by atoms with van der Waals surface area (Å²) in [6.07, 6.45) is 6.42. The first-order chi connectivity index (χ1) is 8.69. The molecule has 1 unspecified atom stereocenters. The summed E-state index contributed by atoms with van der Waals surface area (Å²) in [6, 6.07) is 0.0216. The second-order valence-corrected chi connectivity index (χ2v) is 3.95. The Bertz CT molecular complexity index is 498. The van der Waals surface area contributed by atoms with Gasteiger partial charge in [-0.05, 0) is 6.92 Å². The van der Waals surface area contributed by atoms with Gasteiger partial charge in [-0.15, -0.1) is 0 Å². The molecule has 96 valence electrons. The maximum absolute atomic E-state index is 13.5. The third-order valence-electron chi connectivity index (χ3n) is 2.39. The lowest BCUT2D eigenvalue weighted by Crippen LogP contribution is -2.23. The molecular weight excluding hydrogens is 235 g/mol. The van der Waals surface area contributed by atoms with Gasteiger partial charge in [0, 0.05) is 32.0 Å². The van der Waals surface area contributed by atoms with Gasteiger partial charge < -0.3 is 15.2 Å². The first-order valence-electron chi connectivity index (χ1n) is 5.61. The molecule has 7 heteroatoms. The van der Waals surface area contributed by atoms with E-state index in [1.807, 2.05) is 17.7 Å². The predicted octanol–water partition coefficient (Wildman–Crippen LogP) is 1.35. The van der Waals surface area contributed by atoms with Gasteiger partial charge in [0.05, 0.1) is 12.5 Å². The zero-order valence-electron chi connectivity index (χ0n) is 10.3. The molecule has 0 aliphatic heterocycles. The Morgan fingerprint density at radius 1 is 1.50 bits per heavy atom. The molecule has 2 heterocycles. The van der Waals surface area contributed by atoms with E-state index >= 15 is 0 Å². The van der Waals surface area contributed by atoms with Crippen LogP contribution in [0.1, 0.15) is 6.92 Å². The number of nitrogens with one attached hydrogen (secondary N) is 2. The minimum atomic E-state index is -0.466. The van der Waals surface area contributed by atoms with Gasteiger partial charge in [0.2, 0.25) is 5.95 Å². The maximum Gasteiger partial charge on any atom is 0.224 e. The van der Waals surface area contributed by atoms with E-state index in [0.29, 0.717) is 12.5 Å². The first-order valence-corrected chi connectivity index (χ1v) is 5.61. The maximum atomic E-state index is 13.5. The molecule has 0 radical (unpaired) electrons. The Morgan fingerprint density at radius 2 is 2.33 bits per heavy atom. The van der Waals surface area contributed by atoms with E-state index in [1.54, 1.807) is 19.6 Å². The topological polar surface area (TPSA) is 67.7 Å². The van der Waals surface area contributed by atoms with Crippen LogP contribution >= 0.6 is 0 Å². The van der Waals surface area contributed by atoms with E-state index in [9.17, 15) is 4.39 Å². The van der Waals surface area contributed by atoms with Crippen molar-refractivity contribution in [3.63, 3.8) is 0 Å². The van der Waals surface area contributed by atoms with Crippen molar-refractivity contribution in [3.05, 3.63) is 30.7 Å². The fourth-order valence-electron chi connectivity index (χ4n) is 1.58. The number of aromatic nitrogens is 4. The molecule has 0 aliphatic carbocycles. The van der Waals surface area contributed by atoms with Gasteiger partial charge in [-0.1, -0.05) is 0 Å². The molecule has 0 bridgehead atoms. The van der Waals surface area contributed by atoms with Gasteiger partial charge in [-0.25, -0.2) is 14.4 Å². The fourth-order valence-corrected chi connectivity index (χ4v) is 1.58. The van der Waals surface area contributed by atoms with Crippen LogP contribution in [0, 0.1) is 5.82 Å². The summed E-state index contributed by atoms with van der Waals surface area (Å²) in [5.41, 5.74) is 0. The monoisotopic (exact) mass is 250 g/mol. The number of hydrogen-bond acceptors (Lipinski definition) is 5. The van der Waals surface area contributed by atoms with E-state index in [-0.39, 0.29) is 11.9 Å². The van der Waals surface area contributed by atoms with Crippen molar-refractivity contribution in [2.75, 3.05) is 17.7 Å². The van der Waals surface area contributed by atoms with E-state index in [1.165, 1.54) is 0 Å². The molecule has 18 heavy (non-hydrogen) atoms. The quantitative estimate of drug-likeness (QED) is 0.838. The van der Waals surface area contributed by atoms with Crippen molar-refractivity contribution in [2.24, 2.45) is 0 Å². The van der Waals surface area contributed by atoms with Crippen LogP contribution in [-0.4, -0.2) is 32.6 Å². The van der Waals surface area contributed by atoms with Crippen molar-refractivity contribution in [2.45, 2.75) is 19.5 Å². The van der Waals surface area contributed by atoms with Gasteiger partial charge in [-0.2, -0.15) is 4.98 Å². The van der Waals surface area contributed by atoms with Gasteiger partial charge in [0.1, 0.15) is 0 Å². The van der Waals surface area contributed by atoms with Crippen molar-refractivity contribution in [3.8, 4) is 0 Å².